The quantitative estimate of drug-likeness (QED) is 0.489. The van der Waals surface area contributed by atoms with Crippen LogP contribution < -0.4 is 0 Å². The zero-order valence-electron chi connectivity index (χ0n) is 14.5. The van der Waals surface area contributed by atoms with Crippen LogP contribution in [-0.4, -0.2) is 24.4 Å². The Kier molecular flexibility index (Phi) is 3.69. The molecule has 1 aromatic carbocycles. The van der Waals surface area contributed by atoms with E-state index in [0.29, 0.717) is 34.0 Å². The molecule has 3 heterocycles. The van der Waals surface area contributed by atoms with Crippen molar-refractivity contribution in [3.05, 3.63) is 52.4 Å². The largest absolute Gasteiger partial charge is 0.267 e. The number of halogens is 3. The van der Waals surface area contributed by atoms with Gasteiger partial charge in [-0.25, -0.2) is 18.4 Å². The molecule has 0 aliphatic heterocycles. The summed E-state index contributed by atoms with van der Waals surface area (Å²) >= 11 is 6.39. The number of hydrogen-bond acceptors (Lipinski definition) is 3. The van der Waals surface area contributed by atoms with Gasteiger partial charge in [0, 0.05) is 11.8 Å². The van der Waals surface area contributed by atoms with Crippen LogP contribution in [0, 0.1) is 0 Å². The monoisotopic (exact) mass is 387 g/mol. The molecule has 5 nitrogen and oxygen atoms in total. The molecule has 0 N–H and O–H groups in total. The van der Waals surface area contributed by atoms with Crippen molar-refractivity contribution in [2.45, 2.75) is 38.5 Å². The van der Waals surface area contributed by atoms with Gasteiger partial charge in [-0.3, -0.25) is 0 Å². The van der Waals surface area contributed by atoms with Crippen LogP contribution in [-0.2, 0) is 6.42 Å². The summed E-state index contributed by atoms with van der Waals surface area (Å²) in [5.74, 6) is 0.962. The van der Waals surface area contributed by atoms with E-state index in [2.05, 4.69) is 15.2 Å². The second kappa shape index (κ2) is 5.99. The number of aryl methyl sites for hydroxylation is 1. The highest BCUT2D eigenvalue weighted by molar-refractivity contribution is 6.35. The van der Waals surface area contributed by atoms with Crippen LogP contribution in [0.25, 0.3) is 22.4 Å². The van der Waals surface area contributed by atoms with Gasteiger partial charge >= 0.3 is 0 Å². The van der Waals surface area contributed by atoms with Crippen LogP contribution in [0.2, 0.25) is 5.02 Å². The van der Waals surface area contributed by atoms with Gasteiger partial charge in [-0.05, 0) is 36.5 Å². The average Bonchev–Trinajstić information content (AvgIpc) is 3.26. The maximum Gasteiger partial charge on any atom is 0.267 e. The Hall–Kier alpha value is -2.54. The lowest BCUT2D eigenvalue weighted by molar-refractivity contribution is 0.149. The summed E-state index contributed by atoms with van der Waals surface area (Å²) in [7, 11) is 0. The lowest BCUT2D eigenvalue weighted by Gasteiger charge is -2.16. The Morgan fingerprint density at radius 3 is 2.81 bits per heavy atom. The summed E-state index contributed by atoms with van der Waals surface area (Å²) < 4.78 is 31.5. The van der Waals surface area contributed by atoms with Gasteiger partial charge in [-0.1, -0.05) is 30.7 Å². The Morgan fingerprint density at radius 2 is 2.11 bits per heavy atom. The highest BCUT2D eigenvalue weighted by Gasteiger charge is 2.34. The first kappa shape index (κ1) is 16.6. The number of fused-ring (bicyclic) bond motifs is 2. The molecule has 1 saturated carbocycles. The molecule has 1 aliphatic carbocycles. The normalized spacial score (nSPS) is 14.7. The molecule has 0 atom stereocenters. The van der Waals surface area contributed by atoms with Crippen LogP contribution in [0.1, 0.15) is 49.1 Å². The van der Waals surface area contributed by atoms with Crippen molar-refractivity contribution < 1.29 is 8.78 Å². The van der Waals surface area contributed by atoms with Gasteiger partial charge in [-0.15, -0.1) is 5.10 Å². The summed E-state index contributed by atoms with van der Waals surface area (Å²) in [6.07, 6.45) is 1.40. The first-order chi connectivity index (χ1) is 13.1. The third-order valence-corrected chi connectivity index (χ3v) is 5.31. The van der Waals surface area contributed by atoms with Crippen molar-refractivity contribution in [2.24, 2.45) is 0 Å². The molecule has 0 unspecified atom stereocenters. The van der Waals surface area contributed by atoms with Gasteiger partial charge in [0.1, 0.15) is 0 Å². The van der Waals surface area contributed by atoms with Gasteiger partial charge in [0.2, 0.25) is 0 Å². The molecule has 0 radical (unpaired) electrons. The van der Waals surface area contributed by atoms with Gasteiger partial charge in [-0.2, -0.15) is 9.61 Å². The molecule has 0 spiro atoms. The minimum Gasteiger partial charge on any atom is -0.213 e. The number of para-hydroxylation sites is 1. The van der Waals surface area contributed by atoms with E-state index in [-0.39, 0.29) is 17.3 Å². The summed E-state index contributed by atoms with van der Waals surface area (Å²) in [6, 6.07) is 7.14. The summed E-state index contributed by atoms with van der Waals surface area (Å²) in [4.78, 5) is 4.51. The molecule has 1 fully saturated rings. The minimum atomic E-state index is -2.66. The molecule has 138 valence electrons. The van der Waals surface area contributed by atoms with Crippen LogP contribution in [0.4, 0.5) is 8.78 Å². The lowest BCUT2D eigenvalue weighted by Crippen LogP contribution is -2.12. The zero-order valence-corrected chi connectivity index (χ0v) is 15.3. The highest BCUT2D eigenvalue weighted by Crippen LogP contribution is 2.46. The van der Waals surface area contributed by atoms with Crippen LogP contribution >= 0.6 is 11.6 Å². The number of benzene rings is 1. The fourth-order valence-corrected chi connectivity index (χ4v) is 3.85. The third-order valence-electron chi connectivity index (χ3n) is 5.01. The fraction of sp³-hybridized carbons (Fsp3) is 0.316. The highest BCUT2D eigenvalue weighted by atomic mass is 35.5. The molecule has 4 aromatic rings. The second-order valence-electron chi connectivity index (χ2n) is 6.80. The van der Waals surface area contributed by atoms with Crippen molar-refractivity contribution in [3.8, 4) is 5.82 Å². The third kappa shape index (κ3) is 2.52. The number of pyridine rings is 1. The molecular formula is C19H16ClF2N5. The molecule has 5 rings (SSSR count). The maximum absolute atomic E-state index is 14.2. The second-order valence-corrected chi connectivity index (χ2v) is 7.20. The molecule has 1 aliphatic rings. The topological polar surface area (TPSA) is 48.0 Å². The van der Waals surface area contributed by atoms with E-state index in [1.807, 2.05) is 19.1 Å². The number of alkyl halides is 2. The predicted octanol–water partition coefficient (Wildman–Crippen LogP) is 5.10. The van der Waals surface area contributed by atoms with Crippen molar-refractivity contribution in [1.29, 1.82) is 0 Å². The zero-order chi connectivity index (χ0) is 18.7. The Bertz CT molecular complexity index is 1180. The van der Waals surface area contributed by atoms with E-state index in [1.54, 1.807) is 18.3 Å². The van der Waals surface area contributed by atoms with E-state index in [1.165, 1.54) is 9.20 Å². The number of hydrogen-bond donors (Lipinski definition) is 0. The SMILES string of the molecule is CCc1nc2cc(C3CC3)c(C(F)F)c(-n3ncc4cccc(Cl)c43)n2n1. The van der Waals surface area contributed by atoms with Crippen molar-refractivity contribution in [1.82, 2.24) is 24.4 Å². The number of rotatable bonds is 4. The average molecular weight is 388 g/mol. The summed E-state index contributed by atoms with van der Waals surface area (Å²) in [6.45, 7) is 1.93. The summed E-state index contributed by atoms with van der Waals surface area (Å²) in [5.41, 5.74) is 1.74. The number of aromatic nitrogens is 5. The van der Waals surface area contributed by atoms with Gasteiger partial charge in [0.15, 0.2) is 17.3 Å². The molecule has 8 heteroatoms. The molecule has 3 aromatic heterocycles. The predicted molar refractivity (Wildman–Crippen MR) is 98.9 cm³/mol. The lowest BCUT2D eigenvalue weighted by atomic mass is 10.0. The fourth-order valence-electron chi connectivity index (χ4n) is 3.59. The molecular weight excluding hydrogens is 372 g/mol. The van der Waals surface area contributed by atoms with Gasteiger partial charge < -0.3 is 0 Å². The Morgan fingerprint density at radius 1 is 1.30 bits per heavy atom. The van der Waals surface area contributed by atoms with E-state index < -0.39 is 6.43 Å². The van der Waals surface area contributed by atoms with E-state index in [9.17, 15) is 8.78 Å². The summed E-state index contributed by atoms with van der Waals surface area (Å²) in [5, 5.41) is 10.1. The first-order valence-corrected chi connectivity index (χ1v) is 9.29. The van der Waals surface area contributed by atoms with Gasteiger partial charge in [0.05, 0.1) is 22.3 Å². The van der Waals surface area contributed by atoms with Crippen molar-refractivity contribution in [3.63, 3.8) is 0 Å². The molecule has 0 saturated heterocycles. The Labute approximate surface area is 158 Å². The smallest absolute Gasteiger partial charge is 0.213 e. The van der Waals surface area contributed by atoms with E-state index in [4.69, 9.17) is 11.6 Å². The minimum absolute atomic E-state index is 0.0394. The van der Waals surface area contributed by atoms with E-state index in [0.717, 1.165) is 18.2 Å². The van der Waals surface area contributed by atoms with Crippen LogP contribution in [0.5, 0.6) is 0 Å². The van der Waals surface area contributed by atoms with Crippen molar-refractivity contribution >= 4 is 28.2 Å². The van der Waals surface area contributed by atoms with E-state index >= 15 is 0 Å². The van der Waals surface area contributed by atoms with Crippen LogP contribution in [0.15, 0.2) is 30.5 Å². The molecule has 27 heavy (non-hydrogen) atoms. The standard InChI is InChI=1S/C19H16ClF2N5/c1-2-14-24-15-8-12(10-6-7-10)16(18(21)22)19(26(15)25-14)27-17-11(9-23-27)4-3-5-13(17)20/h3-5,8-10,18H,2,6-7H2,1H3. The molecule has 0 bridgehead atoms. The van der Waals surface area contributed by atoms with Crippen LogP contribution in [0.3, 0.4) is 0 Å². The maximum atomic E-state index is 14.2. The van der Waals surface area contributed by atoms with Crippen molar-refractivity contribution in [2.75, 3.05) is 0 Å². The number of nitrogens with zero attached hydrogens (tertiary/aromatic N) is 5. The van der Waals surface area contributed by atoms with Gasteiger partial charge in [0.25, 0.3) is 6.43 Å². The molecule has 0 amide bonds. The Balaban J connectivity index is 1.94. The first-order valence-electron chi connectivity index (χ1n) is 8.91.